The van der Waals surface area contributed by atoms with Crippen molar-refractivity contribution in [1.29, 1.82) is 0 Å². The van der Waals surface area contributed by atoms with Gasteiger partial charge in [-0.15, -0.1) is 11.3 Å². The van der Waals surface area contributed by atoms with E-state index in [0.717, 1.165) is 18.4 Å². The minimum atomic E-state index is -0.325. The molecule has 0 bridgehead atoms. The van der Waals surface area contributed by atoms with Crippen LogP contribution in [0.2, 0.25) is 0 Å². The highest BCUT2D eigenvalue weighted by Gasteiger charge is 2.15. The van der Waals surface area contributed by atoms with Gasteiger partial charge in [0.1, 0.15) is 4.88 Å². The number of rotatable bonds is 6. The monoisotopic (exact) mass is 269 g/mol. The fraction of sp³-hybridized carbons (Fsp3) is 0.538. The minimum Gasteiger partial charge on any atom is -0.462 e. The molecule has 5 heteroatoms. The van der Waals surface area contributed by atoms with E-state index in [0.29, 0.717) is 22.9 Å². The number of thiophene rings is 1. The molecule has 100 valence electrons. The molecule has 0 aliphatic rings. The lowest BCUT2D eigenvalue weighted by Crippen LogP contribution is -2.09. The van der Waals surface area contributed by atoms with Crippen LogP contribution in [0.3, 0.4) is 0 Å². The lowest BCUT2D eigenvalue weighted by molar-refractivity contribution is -0.116. The Morgan fingerprint density at radius 1 is 1.39 bits per heavy atom. The van der Waals surface area contributed by atoms with Gasteiger partial charge in [-0.3, -0.25) is 4.79 Å². The van der Waals surface area contributed by atoms with Gasteiger partial charge in [-0.2, -0.15) is 0 Å². The van der Waals surface area contributed by atoms with Gasteiger partial charge in [-0.05, 0) is 31.9 Å². The molecule has 1 aromatic heterocycles. The van der Waals surface area contributed by atoms with Gasteiger partial charge >= 0.3 is 5.97 Å². The predicted molar refractivity (Wildman–Crippen MR) is 73.2 cm³/mol. The van der Waals surface area contributed by atoms with Crippen LogP contribution in [0.25, 0.3) is 0 Å². The van der Waals surface area contributed by atoms with E-state index in [1.54, 1.807) is 13.0 Å². The molecule has 0 saturated carbocycles. The molecular formula is C13H19NO3S. The highest BCUT2D eigenvalue weighted by atomic mass is 32.1. The Hall–Kier alpha value is -1.36. The quantitative estimate of drug-likeness (QED) is 0.806. The second kappa shape index (κ2) is 7.16. The largest absolute Gasteiger partial charge is 0.462 e. The van der Waals surface area contributed by atoms with E-state index in [-0.39, 0.29) is 11.9 Å². The molecule has 4 nitrogen and oxygen atoms in total. The van der Waals surface area contributed by atoms with Crippen LogP contribution in [0.4, 0.5) is 5.00 Å². The van der Waals surface area contributed by atoms with Crippen molar-refractivity contribution in [2.24, 2.45) is 0 Å². The summed E-state index contributed by atoms with van der Waals surface area (Å²) in [5.41, 5.74) is 0.837. The Morgan fingerprint density at radius 2 is 2.11 bits per heavy atom. The Kier molecular flexibility index (Phi) is 5.85. The first-order valence-corrected chi connectivity index (χ1v) is 6.97. The van der Waals surface area contributed by atoms with Crippen molar-refractivity contribution in [3.8, 4) is 0 Å². The van der Waals surface area contributed by atoms with Crippen molar-refractivity contribution in [2.45, 2.75) is 40.0 Å². The van der Waals surface area contributed by atoms with Crippen LogP contribution in [-0.4, -0.2) is 18.5 Å². The third kappa shape index (κ3) is 4.14. The number of esters is 1. The molecule has 1 amide bonds. The Morgan fingerprint density at radius 3 is 2.72 bits per heavy atom. The van der Waals surface area contributed by atoms with E-state index in [4.69, 9.17) is 4.74 Å². The van der Waals surface area contributed by atoms with Gasteiger partial charge in [0.05, 0.1) is 11.6 Å². The van der Waals surface area contributed by atoms with E-state index in [1.165, 1.54) is 11.3 Å². The van der Waals surface area contributed by atoms with E-state index in [2.05, 4.69) is 5.32 Å². The van der Waals surface area contributed by atoms with E-state index >= 15 is 0 Å². The van der Waals surface area contributed by atoms with Gasteiger partial charge in [0.25, 0.3) is 0 Å². The highest BCUT2D eigenvalue weighted by Crippen LogP contribution is 2.27. The van der Waals surface area contributed by atoms with E-state index in [9.17, 15) is 9.59 Å². The molecule has 1 heterocycles. The van der Waals surface area contributed by atoms with Crippen LogP contribution < -0.4 is 5.32 Å². The van der Waals surface area contributed by atoms with Crippen LogP contribution in [0, 0.1) is 6.92 Å². The van der Waals surface area contributed by atoms with Crippen molar-refractivity contribution < 1.29 is 14.3 Å². The summed E-state index contributed by atoms with van der Waals surface area (Å²) in [5.74, 6) is -0.331. The van der Waals surface area contributed by atoms with Crippen molar-refractivity contribution >= 4 is 28.2 Å². The SMILES string of the molecule is CCCCC(=O)Nc1cc(C)c(C(=O)OCC)s1. The number of hydrogen-bond donors (Lipinski definition) is 1. The van der Waals surface area contributed by atoms with Crippen molar-refractivity contribution in [1.82, 2.24) is 0 Å². The summed E-state index contributed by atoms with van der Waals surface area (Å²) in [5, 5.41) is 3.51. The van der Waals surface area contributed by atoms with Crippen LogP contribution in [-0.2, 0) is 9.53 Å². The van der Waals surface area contributed by atoms with Crippen molar-refractivity contribution in [2.75, 3.05) is 11.9 Å². The minimum absolute atomic E-state index is 0.00601. The molecule has 0 aromatic carbocycles. The van der Waals surface area contributed by atoms with Gasteiger partial charge in [0.15, 0.2) is 0 Å². The molecule has 1 aromatic rings. The molecule has 0 radical (unpaired) electrons. The predicted octanol–water partition coefficient (Wildman–Crippen LogP) is 3.36. The maximum absolute atomic E-state index is 11.6. The topological polar surface area (TPSA) is 55.4 Å². The summed E-state index contributed by atoms with van der Waals surface area (Å²) in [7, 11) is 0. The fourth-order valence-corrected chi connectivity index (χ4v) is 2.46. The molecule has 1 N–H and O–H groups in total. The van der Waals surface area contributed by atoms with E-state index in [1.807, 2.05) is 13.8 Å². The van der Waals surface area contributed by atoms with Gasteiger partial charge in [-0.25, -0.2) is 4.79 Å². The number of aryl methyl sites for hydroxylation is 1. The average molecular weight is 269 g/mol. The first-order valence-electron chi connectivity index (χ1n) is 6.15. The number of unbranched alkanes of at least 4 members (excludes halogenated alkanes) is 1. The summed E-state index contributed by atoms with van der Waals surface area (Å²) in [6.07, 6.45) is 2.38. The maximum Gasteiger partial charge on any atom is 0.348 e. The summed E-state index contributed by atoms with van der Waals surface area (Å²) < 4.78 is 4.95. The second-order valence-corrected chi connectivity index (χ2v) is 5.05. The summed E-state index contributed by atoms with van der Waals surface area (Å²) in [6, 6.07) is 1.81. The van der Waals surface area contributed by atoms with E-state index < -0.39 is 0 Å². The third-order valence-electron chi connectivity index (χ3n) is 2.40. The zero-order valence-corrected chi connectivity index (χ0v) is 11.9. The second-order valence-electron chi connectivity index (χ2n) is 3.99. The van der Waals surface area contributed by atoms with Crippen LogP contribution >= 0.6 is 11.3 Å². The number of ether oxygens (including phenoxy) is 1. The zero-order chi connectivity index (χ0) is 13.5. The molecule has 18 heavy (non-hydrogen) atoms. The maximum atomic E-state index is 11.6. The van der Waals surface area contributed by atoms with Crippen LogP contribution in [0.5, 0.6) is 0 Å². The Bertz CT molecular complexity index is 426. The van der Waals surface area contributed by atoms with Gasteiger partial charge in [0, 0.05) is 6.42 Å². The highest BCUT2D eigenvalue weighted by molar-refractivity contribution is 7.18. The molecule has 0 atom stereocenters. The first kappa shape index (κ1) is 14.7. The number of amides is 1. The molecule has 1 rings (SSSR count). The molecule has 0 unspecified atom stereocenters. The Balaban J connectivity index is 2.66. The zero-order valence-electron chi connectivity index (χ0n) is 11.0. The number of hydrogen-bond acceptors (Lipinski definition) is 4. The molecule has 0 aliphatic heterocycles. The molecule has 0 aliphatic carbocycles. The third-order valence-corrected chi connectivity index (χ3v) is 3.53. The summed E-state index contributed by atoms with van der Waals surface area (Å²) >= 11 is 1.26. The van der Waals surface area contributed by atoms with Crippen LogP contribution in [0.15, 0.2) is 6.07 Å². The average Bonchev–Trinajstić information content (AvgIpc) is 2.68. The number of carbonyl (C=O) groups excluding carboxylic acids is 2. The lowest BCUT2D eigenvalue weighted by Gasteiger charge is -2.00. The molecule has 0 spiro atoms. The van der Waals surface area contributed by atoms with Gasteiger partial charge in [0.2, 0.25) is 5.91 Å². The molecule has 0 fully saturated rings. The lowest BCUT2D eigenvalue weighted by atomic mass is 10.2. The molecule has 0 saturated heterocycles. The fourth-order valence-electron chi connectivity index (χ4n) is 1.48. The van der Waals surface area contributed by atoms with Crippen LogP contribution in [0.1, 0.15) is 48.3 Å². The standard InChI is InChI=1S/C13H19NO3S/c1-4-6-7-10(15)14-11-8-9(3)12(18-11)13(16)17-5-2/h8H,4-7H2,1-3H3,(H,14,15). The normalized spacial score (nSPS) is 10.2. The van der Waals surface area contributed by atoms with Gasteiger partial charge in [-0.1, -0.05) is 13.3 Å². The smallest absolute Gasteiger partial charge is 0.348 e. The summed E-state index contributed by atoms with van der Waals surface area (Å²) in [4.78, 5) is 23.7. The Labute approximate surface area is 111 Å². The molecular weight excluding hydrogens is 250 g/mol. The number of anilines is 1. The van der Waals surface area contributed by atoms with Crippen molar-refractivity contribution in [3.63, 3.8) is 0 Å². The number of nitrogens with one attached hydrogen (secondary N) is 1. The number of carbonyl (C=O) groups is 2. The first-order chi connectivity index (χ1) is 8.58. The van der Waals surface area contributed by atoms with Gasteiger partial charge < -0.3 is 10.1 Å². The summed E-state index contributed by atoms with van der Waals surface area (Å²) in [6.45, 7) is 6.01. The van der Waals surface area contributed by atoms with Crippen molar-refractivity contribution in [3.05, 3.63) is 16.5 Å².